The topological polar surface area (TPSA) is 91.6 Å². The average molecular weight is 398 g/mol. The van der Waals surface area contributed by atoms with Gasteiger partial charge in [-0.3, -0.25) is 10.1 Å². The van der Waals surface area contributed by atoms with E-state index in [2.05, 4.69) is 24.0 Å². The van der Waals surface area contributed by atoms with Crippen molar-refractivity contribution in [3.05, 3.63) is 75.3 Å². The van der Waals surface area contributed by atoms with Crippen LogP contribution in [-0.4, -0.2) is 22.5 Å². The first-order valence-electron chi connectivity index (χ1n) is 8.61. The molecule has 2 aromatic carbocycles. The zero-order valence-corrected chi connectivity index (χ0v) is 16.0. The molecule has 0 unspecified atom stereocenters. The minimum Gasteiger partial charge on any atom is -0.482 e. The number of carbonyl (C=O) groups is 1. The molecule has 144 valence electrons. The number of aromatic nitrogens is 1. The predicted octanol–water partition coefficient (Wildman–Crippen LogP) is 4.40. The summed E-state index contributed by atoms with van der Waals surface area (Å²) in [4.78, 5) is 26.4. The molecule has 3 aromatic rings. The molecule has 7 nitrogen and oxygen atoms in total. The number of thiazole rings is 1. The van der Waals surface area contributed by atoms with Gasteiger partial charge in [-0.1, -0.05) is 31.2 Å². The van der Waals surface area contributed by atoms with Crippen molar-refractivity contribution in [1.29, 1.82) is 0 Å². The maximum absolute atomic E-state index is 11.8. The quantitative estimate of drug-likeness (QED) is 0.317. The number of rotatable bonds is 8. The van der Waals surface area contributed by atoms with Crippen molar-refractivity contribution < 1.29 is 19.2 Å². The summed E-state index contributed by atoms with van der Waals surface area (Å²) in [6.07, 6.45) is 0.987. The van der Waals surface area contributed by atoms with E-state index in [0.29, 0.717) is 11.4 Å². The van der Waals surface area contributed by atoms with E-state index in [1.165, 1.54) is 41.2 Å². The van der Waals surface area contributed by atoms with Gasteiger partial charge in [0.15, 0.2) is 6.61 Å². The van der Waals surface area contributed by atoms with Gasteiger partial charge in [-0.25, -0.2) is 9.78 Å². The number of carbonyl (C=O) groups excluding carboxylic acids is 1. The summed E-state index contributed by atoms with van der Waals surface area (Å²) in [6, 6.07) is 13.7. The fraction of sp³-hybridized carbons (Fsp3) is 0.200. The van der Waals surface area contributed by atoms with Crippen LogP contribution in [0.4, 0.5) is 5.69 Å². The zero-order chi connectivity index (χ0) is 19.9. The molecule has 0 fully saturated rings. The van der Waals surface area contributed by atoms with E-state index in [1.54, 1.807) is 0 Å². The van der Waals surface area contributed by atoms with Crippen LogP contribution in [-0.2, 0) is 22.6 Å². The minimum absolute atomic E-state index is 0.0430. The van der Waals surface area contributed by atoms with Gasteiger partial charge in [0, 0.05) is 23.1 Å². The molecule has 0 aliphatic carbocycles. The number of ether oxygens (including phenoxy) is 2. The first-order valence-corrected chi connectivity index (χ1v) is 9.49. The summed E-state index contributed by atoms with van der Waals surface area (Å²) in [5.41, 5.74) is 2.92. The Bertz CT molecular complexity index is 951. The monoisotopic (exact) mass is 398 g/mol. The van der Waals surface area contributed by atoms with Gasteiger partial charge in [0.05, 0.1) is 10.6 Å². The average Bonchev–Trinajstić information content (AvgIpc) is 3.20. The summed E-state index contributed by atoms with van der Waals surface area (Å²) >= 11 is 1.49. The van der Waals surface area contributed by atoms with Gasteiger partial charge < -0.3 is 9.47 Å². The molecule has 1 heterocycles. The molecule has 0 bridgehead atoms. The van der Waals surface area contributed by atoms with E-state index in [4.69, 9.17) is 9.47 Å². The molecule has 0 spiro atoms. The lowest BCUT2D eigenvalue weighted by molar-refractivity contribution is -0.384. The first kappa shape index (κ1) is 19.5. The molecule has 3 rings (SSSR count). The lowest BCUT2D eigenvalue weighted by Gasteiger charge is -2.06. The molecular weight excluding hydrogens is 380 g/mol. The van der Waals surface area contributed by atoms with Crippen LogP contribution in [0.1, 0.15) is 18.2 Å². The van der Waals surface area contributed by atoms with Crippen LogP contribution >= 0.6 is 11.3 Å². The van der Waals surface area contributed by atoms with E-state index in [-0.39, 0.29) is 18.9 Å². The third-order valence-electron chi connectivity index (χ3n) is 3.95. The molecular formula is C20H18N2O5S. The Morgan fingerprint density at radius 3 is 2.50 bits per heavy atom. The molecule has 8 heteroatoms. The number of non-ortho nitro benzene ring substituents is 1. The van der Waals surface area contributed by atoms with Gasteiger partial charge in [0.25, 0.3) is 5.69 Å². The summed E-state index contributed by atoms with van der Waals surface area (Å²) in [5.74, 6) is -0.186. The molecule has 0 saturated heterocycles. The lowest BCUT2D eigenvalue weighted by Crippen LogP contribution is -2.14. The van der Waals surface area contributed by atoms with Gasteiger partial charge >= 0.3 is 5.97 Å². The van der Waals surface area contributed by atoms with E-state index in [9.17, 15) is 14.9 Å². The van der Waals surface area contributed by atoms with Crippen molar-refractivity contribution in [1.82, 2.24) is 4.98 Å². The van der Waals surface area contributed by atoms with Gasteiger partial charge in [-0.05, 0) is 24.1 Å². The Hall–Kier alpha value is -3.26. The van der Waals surface area contributed by atoms with E-state index >= 15 is 0 Å². The molecule has 0 radical (unpaired) electrons. The van der Waals surface area contributed by atoms with E-state index in [0.717, 1.165) is 17.0 Å². The van der Waals surface area contributed by atoms with Crippen molar-refractivity contribution in [3.8, 4) is 16.3 Å². The molecule has 0 saturated carbocycles. The normalized spacial score (nSPS) is 10.5. The molecule has 28 heavy (non-hydrogen) atoms. The molecule has 0 aliphatic heterocycles. The van der Waals surface area contributed by atoms with Gasteiger partial charge in [-0.15, -0.1) is 11.3 Å². The highest BCUT2D eigenvalue weighted by atomic mass is 32.1. The van der Waals surface area contributed by atoms with Crippen molar-refractivity contribution in [2.75, 3.05) is 6.61 Å². The molecule has 1 aromatic heterocycles. The first-order chi connectivity index (χ1) is 13.5. The number of nitro groups is 1. The number of aryl methyl sites for hydroxylation is 1. The Labute approximate surface area is 165 Å². The van der Waals surface area contributed by atoms with E-state index in [1.807, 2.05) is 17.5 Å². The molecule has 0 aliphatic rings. The second-order valence-corrected chi connectivity index (χ2v) is 6.75. The van der Waals surface area contributed by atoms with Gasteiger partial charge in [-0.2, -0.15) is 0 Å². The fourth-order valence-electron chi connectivity index (χ4n) is 2.39. The van der Waals surface area contributed by atoms with Crippen LogP contribution in [0.2, 0.25) is 0 Å². The van der Waals surface area contributed by atoms with Crippen LogP contribution in [0, 0.1) is 10.1 Å². The maximum atomic E-state index is 11.8. The second kappa shape index (κ2) is 9.09. The van der Waals surface area contributed by atoms with Crippen LogP contribution in [0.25, 0.3) is 10.6 Å². The largest absolute Gasteiger partial charge is 0.482 e. The summed E-state index contributed by atoms with van der Waals surface area (Å²) in [5, 5.41) is 13.3. The Morgan fingerprint density at radius 1 is 1.14 bits per heavy atom. The molecule has 0 N–H and O–H groups in total. The van der Waals surface area contributed by atoms with Crippen molar-refractivity contribution >= 4 is 23.0 Å². The molecule has 0 atom stereocenters. The number of nitro benzene ring substituents is 1. The number of hydrogen-bond donors (Lipinski definition) is 0. The number of hydrogen-bond acceptors (Lipinski definition) is 7. The Morgan fingerprint density at radius 2 is 1.86 bits per heavy atom. The fourth-order valence-corrected chi connectivity index (χ4v) is 3.20. The predicted molar refractivity (Wildman–Crippen MR) is 105 cm³/mol. The smallest absolute Gasteiger partial charge is 0.344 e. The van der Waals surface area contributed by atoms with Crippen molar-refractivity contribution in [3.63, 3.8) is 0 Å². The Balaban J connectivity index is 1.48. The third-order valence-corrected chi connectivity index (χ3v) is 4.89. The minimum atomic E-state index is -0.541. The third kappa shape index (κ3) is 5.14. The highest BCUT2D eigenvalue weighted by Crippen LogP contribution is 2.24. The standard InChI is InChI=1S/C20H18N2O5S/c1-2-14-3-5-15(6-4-14)20-21-16(13-28-20)11-27-19(23)12-26-18-9-7-17(8-10-18)22(24)25/h3-10,13H,2,11-12H2,1H3. The van der Waals surface area contributed by atoms with Crippen molar-refractivity contribution in [2.45, 2.75) is 20.0 Å². The van der Waals surface area contributed by atoms with Crippen LogP contribution in [0.5, 0.6) is 5.75 Å². The zero-order valence-electron chi connectivity index (χ0n) is 15.2. The van der Waals surface area contributed by atoms with E-state index < -0.39 is 10.9 Å². The highest BCUT2D eigenvalue weighted by molar-refractivity contribution is 7.13. The van der Waals surface area contributed by atoms with Crippen molar-refractivity contribution in [2.24, 2.45) is 0 Å². The lowest BCUT2D eigenvalue weighted by atomic mass is 10.1. The van der Waals surface area contributed by atoms with Crippen LogP contribution in [0.15, 0.2) is 53.9 Å². The SMILES string of the molecule is CCc1ccc(-c2nc(COC(=O)COc3ccc([N+](=O)[O-])cc3)cs2)cc1. The van der Waals surface area contributed by atoms with Gasteiger partial charge in [0.2, 0.25) is 0 Å². The molecule has 0 amide bonds. The maximum Gasteiger partial charge on any atom is 0.344 e. The highest BCUT2D eigenvalue weighted by Gasteiger charge is 2.10. The Kier molecular flexibility index (Phi) is 6.33. The van der Waals surface area contributed by atoms with Gasteiger partial charge in [0.1, 0.15) is 17.4 Å². The second-order valence-electron chi connectivity index (χ2n) is 5.89. The van der Waals surface area contributed by atoms with Crippen LogP contribution in [0.3, 0.4) is 0 Å². The number of esters is 1. The number of nitrogens with zero attached hydrogens (tertiary/aromatic N) is 2. The van der Waals surface area contributed by atoms with Crippen LogP contribution < -0.4 is 4.74 Å². The summed E-state index contributed by atoms with van der Waals surface area (Å²) in [7, 11) is 0. The summed E-state index contributed by atoms with van der Waals surface area (Å²) < 4.78 is 10.4. The number of benzene rings is 2. The summed E-state index contributed by atoms with van der Waals surface area (Å²) in [6.45, 7) is 1.88.